The number of carbonyl (C=O) groups is 1. The number of benzene rings is 2. The molecule has 1 amide bonds. The maximum absolute atomic E-state index is 13.4. The van der Waals surface area contributed by atoms with Crippen LogP contribution in [0, 0.1) is 5.82 Å². The number of piperidine rings is 1. The number of hydrogen-bond donors (Lipinski definition) is 1. The van der Waals surface area contributed by atoms with Crippen LogP contribution >= 0.6 is 0 Å². The molecule has 1 atom stereocenters. The van der Waals surface area contributed by atoms with Crippen LogP contribution in [0.1, 0.15) is 37.3 Å². The maximum Gasteiger partial charge on any atom is 0.257 e. The van der Waals surface area contributed by atoms with Crippen molar-refractivity contribution in [2.75, 3.05) is 31.1 Å². The SMILES string of the molecule is C=C(C=C1C(=O)N(c2ccc(F)cc2)C1c1ccccc1)NOCCCN1CCCCC1. The highest BCUT2D eigenvalue weighted by Crippen LogP contribution is 2.43. The Labute approximate surface area is 189 Å². The molecule has 2 saturated heterocycles. The molecule has 0 aliphatic carbocycles. The van der Waals surface area contributed by atoms with E-state index in [-0.39, 0.29) is 17.8 Å². The molecule has 32 heavy (non-hydrogen) atoms. The monoisotopic (exact) mass is 435 g/mol. The number of anilines is 1. The van der Waals surface area contributed by atoms with Gasteiger partial charge in [0.25, 0.3) is 5.91 Å². The molecule has 0 spiro atoms. The van der Waals surface area contributed by atoms with E-state index in [4.69, 9.17) is 4.84 Å². The minimum absolute atomic E-state index is 0.126. The molecular formula is C26H30FN3O2. The molecule has 6 heteroatoms. The minimum Gasteiger partial charge on any atom is -0.303 e. The van der Waals surface area contributed by atoms with Crippen molar-refractivity contribution in [3.05, 3.63) is 89.9 Å². The Hall–Kier alpha value is -2.96. The number of amides is 1. The first-order valence-electron chi connectivity index (χ1n) is 11.3. The molecule has 2 heterocycles. The summed E-state index contributed by atoms with van der Waals surface area (Å²) in [6.45, 7) is 7.97. The molecule has 0 bridgehead atoms. The van der Waals surface area contributed by atoms with Crippen molar-refractivity contribution in [2.45, 2.75) is 31.7 Å². The summed E-state index contributed by atoms with van der Waals surface area (Å²) in [7, 11) is 0. The topological polar surface area (TPSA) is 44.8 Å². The number of halogens is 1. The second-order valence-electron chi connectivity index (χ2n) is 8.30. The number of nitrogens with one attached hydrogen (secondary N) is 1. The number of hydrogen-bond acceptors (Lipinski definition) is 4. The van der Waals surface area contributed by atoms with E-state index in [0.29, 0.717) is 23.6 Å². The summed E-state index contributed by atoms with van der Waals surface area (Å²) in [6.07, 6.45) is 6.60. The van der Waals surface area contributed by atoms with Crippen LogP contribution in [0.25, 0.3) is 0 Å². The number of rotatable bonds is 9. The van der Waals surface area contributed by atoms with Crippen molar-refractivity contribution in [3.63, 3.8) is 0 Å². The third kappa shape index (κ3) is 5.26. The fraction of sp³-hybridized carbons (Fsp3) is 0.346. The van der Waals surface area contributed by atoms with Crippen molar-refractivity contribution in [2.24, 2.45) is 0 Å². The van der Waals surface area contributed by atoms with E-state index >= 15 is 0 Å². The van der Waals surface area contributed by atoms with Crippen molar-refractivity contribution in [1.29, 1.82) is 0 Å². The van der Waals surface area contributed by atoms with Crippen LogP contribution < -0.4 is 10.4 Å². The summed E-state index contributed by atoms with van der Waals surface area (Å²) < 4.78 is 13.4. The molecule has 2 aliphatic heterocycles. The number of β-lactam (4-membered cyclic amide) rings is 1. The zero-order valence-electron chi connectivity index (χ0n) is 18.3. The molecule has 0 aromatic heterocycles. The van der Waals surface area contributed by atoms with Gasteiger partial charge >= 0.3 is 0 Å². The van der Waals surface area contributed by atoms with Gasteiger partial charge in [0.05, 0.1) is 18.3 Å². The van der Waals surface area contributed by atoms with E-state index < -0.39 is 0 Å². The van der Waals surface area contributed by atoms with Crippen LogP contribution in [0.15, 0.2) is 78.5 Å². The predicted octanol–water partition coefficient (Wildman–Crippen LogP) is 4.75. The largest absolute Gasteiger partial charge is 0.303 e. The Bertz CT molecular complexity index is 953. The van der Waals surface area contributed by atoms with Gasteiger partial charge in [0.1, 0.15) is 5.82 Å². The Balaban J connectivity index is 1.36. The summed E-state index contributed by atoms with van der Waals surface area (Å²) in [4.78, 5) is 22.7. The fourth-order valence-electron chi connectivity index (χ4n) is 4.32. The Kier molecular flexibility index (Phi) is 7.35. The summed E-state index contributed by atoms with van der Waals surface area (Å²) >= 11 is 0. The van der Waals surface area contributed by atoms with Gasteiger partial charge in [-0.05, 0) is 68.3 Å². The summed E-state index contributed by atoms with van der Waals surface area (Å²) in [6, 6.07) is 15.5. The molecule has 5 nitrogen and oxygen atoms in total. The third-order valence-corrected chi connectivity index (χ3v) is 5.94. The zero-order valence-corrected chi connectivity index (χ0v) is 18.3. The van der Waals surface area contributed by atoms with Gasteiger partial charge < -0.3 is 4.90 Å². The lowest BCUT2D eigenvalue weighted by Gasteiger charge is -2.43. The van der Waals surface area contributed by atoms with E-state index in [1.807, 2.05) is 30.3 Å². The van der Waals surface area contributed by atoms with Crippen LogP contribution in [0.2, 0.25) is 0 Å². The molecular weight excluding hydrogens is 405 g/mol. The first-order chi connectivity index (χ1) is 15.6. The van der Waals surface area contributed by atoms with E-state index in [2.05, 4.69) is 17.0 Å². The minimum atomic E-state index is -0.330. The summed E-state index contributed by atoms with van der Waals surface area (Å²) in [5.74, 6) is -0.456. The van der Waals surface area contributed by atoms with E-state index in [9.17, 15) is 9.18 Å². The summed E-state index contributed by atoms with van der Waals surface area (Å²) in [5.41, 5.74) is 5.66. The quantitative estimate of drug-likeness (QED) is 0.267. The number of carbonyl (C=O) groups excluding carboxylic acids is 1. The molecule has 2 aromatic carbocycles. The van der Waals surface area contributed by atoms with Crippen LogP contribution in [0.3, 0.4) is 0 Å². The third-order valence-electron chi connectivity index (χ3n) is 5.94. The molecule has 1 N–H and O–H groups in total. The number of allylic oxidation sites excluding steroid dienone is 1. The Morgan fingerprint density at radius 3 is 2.53 bits per heavy atom. The second kappa shape index (κ2) is 10.6. The van der Waals surface area contributed by atoms with E-state index in [1.165, 1.54) is 44.5 Å². The molecule has 2 aliphatic rings. The average Bonchev–Trinajstić information content (AvgIpc) is 2.83. The van der Waals surface area contributed by atoms with E-state index in [0.717, 1.165) is 18.5 Å². The highest BCUT2D eigenvalue weighted by Gasteiger charge is 2.43. The van der Waals surface area contributed by atoms with E-state index in [1.54, 1.807) is 23.1 Å². The number of hydroxylamine groups is 1. The first-order valence-corrected chi connectivity index (χ1v) is 11.3. The van der Waals surface area contributed by atoms with Gasteiger partial charge in [0.15, 0.2) is 0 Å². The molecule has 0 saturated carbocycles. The van der Waals surface area contributed by atoms with Crippen LogP contribution in [0.5, 0.6) is 0 Å². The van der Waals surface area contributed by atoms with Gasteiger partial charge in [-0.3, -0.25) is 20.0 Å². The highest BCUT2D eigenvalue weighted by molar-refractivity contribution is 6.15. The maximum atomic E-state index is 13.4. The molecule has 2 aromatic rings. The molecule has 0 radical (unpaired) electrons. The number of nitrogens with zero attached hydrogens (tertiary/aromatic N) is 2. The zero-order chi connectivity index (χ0) is 22.3. The highest BCUT2D eigenvalue weighted by atomic mass is 19.1. The van der Waals surface area contributed by atoms with Crippen molar-refractivity contribution in [3.8, 4) is 0 Å². The van der Waals surface area contributed by atoms with Gasteiger partial charge in [-0.1, -0.05) is 43.3 Å². The summed E-state index contributed by atoms with van der Waals surface area (Å²) in [5, 5.41) is 0. The lowest BCUT2D eigenvalue weighted by Crippen LogP contribution is -2.49. The Morgan fingerprint density at radius 1 is 1.09 bits per heavy atom. The molecule has 168 valence electrons. The molecule has 4 rings (SSSR count). The molecule has 1 unspecified atom stereocenters. The first kappa shape index (κ1) is 22.2. The number of likely N-dealkylation sites (tertiary alicyclic amines) is 1. The van der Waals surface area contributed by atoms with Gasteiger partial charge in [-0.2, -0.15) is 0 Å². The lowest BCUT2D eigenvalue weighted by molar-refractivity contribution is -0.119. The van der Waals surface area contributed by atoms with Gasteiger partial charge in [0.2, 0.25) is 0 Å². The van der Waals surface area contributed by atoms with Gasteiger partial charge in [-0.25, -0.2) is 4.39 Å². The lowest BCUT2D eigenvalue weighted by atomic mass is 9.86. The molecule has 2 fully saturated rings. The van der Waals surface area contributed by atoms with Crippen molar-refractivity contribution in [1.82, 2.24) is 10.4 Å². The van der Waals surface area contributed by atoms with Gasteiger partial charge in [0, 0.05) is 17.8 Å². The predicted molar refractivity (Wildman–Crippen MR) is 124 cm³/mol. The van der Waals surface area contributed by atoms with Crippen molar-refractivity contribution >= 4 is 11.6 Å². The van der Waals surface area contributed by atoms with Crippen LogP contribution in [-0.4, -0.2) is 37.0 Å². The average molecular weight is 436 g/mol. The normalized spacial score (nSPS) is 20.3. The van der Waals surface area contributed by atoms with Gasteiger partial charge in [-0.15, -0.1) is 0 Å². The van der Waals surface area contributed by atoms with Crippen LogP contribution in [0.4, 0.5) is 10.1 Å². The second-order valence-corrected chi connectivity index (χ2v) is 8.30. The van der Waals surface area contributed by atoms with Crippen LogP contribution in [-0.2, 0) is 9.63 Å². The smallest absolute Gasteiger partial charge is 0.257 e. The fourth-order valence-corrected chi connectivity index (χ4v) is 4.32. The van der Waals surface area contributed by atoms with Crippen molar-refractivity contribution < 1.29 is 14.0 Å². The Morgan fingerprint density at radius 2 is 1.81 bits per heavy atom. The standard InChI is InChI=1S/C26H30FN3O2/c1-20(28-32-18-8-17-29-15-6-3-7-16-29)19-24-25(21-9-4-2-5-10-21)30(26(24)31)23-13-11-22(27)12-14-23/h2,4-5,9-14,19,25,28H,1,3,6-8,15-18H2.